The van der Waals surface area contributed by atoms with Gasteiger partial charge < -0.3 is 14.5 Å². The van der Waals surface area contributed by atoms with Crippen molar-refractivity contribution in [2.75, 3.05) is 39.3 Å². The number of likely N-dealkylation sites (tertiary alicyclic amines) is 2. The van der Waals surface area contributed by atoms with E-state index in [9.17, 15) is 4.79 Å². The highest BCUT2D eigenvalue weighted by atomic mass is 16.5. The molecule has 0 aromatic carbocycles. The van der Waals surface area contributed by atoms with Crippen molar-refractivity contribution in [1.29, 1.82) is 0 Å². The number of amides is 1. The van der Waals surface area contributed by atoms with Gasteiger partial charge in [-0.3, -0.25) is 9.78 Å². The minimum absolute atomic E-state index is 0.271. The second-order valence-corrected chi connectivity index (χ2v) is 8.32. The molecule has 0 bridgehead atoms. The van der Waals surface area contributed by atoms with Crippen LogP contribution in [-0.4, -0.2) is 66.1 Å². The lowest BCUT2D eigenvalue weighted by Gasteiger charge is -2.48. The van der Waals surface area contributed by atoms with Crippen LogP contribution in [0, 0.1) is 5.41 Å². The fraction of sp³-hybridized carbons (Fsp3) is 0.714. The van der Waals surface area contributed by atoms with E-state index in [2.05, 4.69) is 26.9 Å². The Morgan fingerprint density at radius 1 is 1.23 bits per heavy atom. The Hall–Kier alpha value is -1.46. The summed E-state index contributed by atoms with van der Waals surface area (Å²) in [7, 11) is 0. The highest BCUT2D eigenvalue weighted by Gasteiger charge is 2.41. The van der Waals surface area contributed by atoms with Crippen molar-refractivity contribution in [2.45, 2.75) is 51.0 Å². The van der Waals surface area contributed by atoms with Gasteiger partial charge in [0.15, 0.2) is 0 Å². The van der Waals surface area contributed by atoms with Crippen LogP contribution in [0.15, 0.2) is 24.4 Å². The quantitative estimate of drug-likeness (QED) is 0.812. The Morgan fingerprint density at radius 2 is 2.12 bits per heavy atom. The minimum Gasteiger partial charge on any atom is -0.376 e. The van der Waals surface area contributed by atoms with E-state index >= 15 is 0 Å². The van der Waals surface area contributed by atoms with E-state index < -0.39 is 0 Å². The first-order valence-corrected chi connectivity index (χ1v) is 10.2. The average Bonchev–Trinajstić information content (AvgIpc) is 3.19. The predicted molar refractivity (Wildman–Crippen MR) is 101 cm³/mol. The summed E-state index contributed by atoms with van der Waals surface area (Å²) in [5.41, 5.74) is 1.52. The smallest absolute Gasteiger partial charge is 0.222 e. The molecule has 26 heavy (non-hydrogen) atoms. The predicted octanol–water partition coefficient (Wildman–Crippen LogP) is 2.51. The third-order valence-corrected chi connectivity index (χ3v) is 6.52. The third-order valence-electron chi connectivity index (χ3n) is 6.52. The molecule has 4 rings (SSSR count). The molecule has 5 heteroatoms. The van der Waals surface area contributed by atoms with Crippen LogP contribution in [0.5, 0.6) is 0 Å². The molecule has 1 spiro atoms. The van der Waals surface area contributed by atoms with Crippen molar-refractivity contribution in [2.24, 2.45) is 5.41 Å². The molecule has 1 aromatic rings. The molecule has 3 aliphatic heterocycles. The minimum atomic E-state index is 0.271. The van der Waals surface area contributed by atoms with E-state index in [-0.39, 0.29) is 6.10 Å². The number of hydrogen-bond donors (Lipinski definition) is 0. The van der Waals surface area contributed by atoms with E-state index in [1.54, 1.807) is 0 Å². The van der Waals surface area contributed by atoms with Crippen molar-refractivity contribution in [3.05, 3.63) is 30.1 Å². The summed E-state index contributed by atoms with van der Waals surface area (Å²) in [6.45, 7) is 6.00. The Morgan fingerprint density at radius 3 is 2.85 bits per heavy atom. The first-order valence-electron chi connectivity index (χ1n) is 10.2. The zero-order valence-corrected chi connectivity index (χ0v) is 15.7. The summed E-state index contributed by atoms with van der Waals surface area (Å²) in [6.07, 6.45) is 9.64. The van der Waals surface area contributed by atoms with Crippen LogP contribution in [0.3, 0.4) is 0 Å². The van der Waals surface area contributed by atoms with Crippen molar-refractivity contribution in [1.82, 2.24) is 14.8 Å². The molecule has 0 radical (unpaired) electrons. The fourth-order valence-electron chi connectivity index (χ4n) is 4.78. The summed E-state index contributed by atoms with van der Waals surface area (Å²) in [5, 5.41) is 0. The topological polar surface area (TPSA) is 45.7 Å². The van der Waals surface area contributed by atoms with Crippen molar-refractivity contribution in [3.8, 4) is 0 Å². The molecule has 142 valence electrons. The Kier molecular flexibility index (Phi) is 5.55. The lowest BCUT2D eigenvalue weighted by molar-refractivity contribution is -0.141. The molecule has 5 nitrogen and oxygen atoms in total. The van der Waals surface area contributed by atoms with Gasteiger partial charge in [-0.1, -0.05) is 6.07 Å². The number of carbonyl (C=O) groups is 1. The summed E-state index contributed by atoms with van der Waals surface area (Å²) in [6, 6.07) is 6.15. The number of hydrogen-bond acceptors (Lipinski definition) is 4. The fourth-order valence-corrected chi connectivity index (χ4v) is 4.78. The van der Waals surface area contributed by atoms with Crippen LogP contribution >= 0.6 is 0 Å². The second-order valence-electron chi connectivity index (χ2n) is 8.32. The molecule has 3 saturated heterocycles. The van der Waals surface area contributed by atoms with Gasteiger partial charge in [-0.15, -0.1) is 0 Å². The lowest BCUT2D eigenvalue weighted by atomic mass is 9.72. The molecule has 1 amide bonds. The molecule has 0 aliphatic carbocycles. The second kappa shape index (κ2) is 8.05. The van der Waals surface area contributed by atoms with Crippen LogP contribution in [0.1, 0.15) is 44.2 Å². The first-order chi connectivity index (χ1) is 12.7. The average molecular weight is 357 g/mol. The third kappa shape index (κ3) is 4.26. The van der Waals surface area contributed by atoms with Crippen LogP contribution < -0.4 is 0 Å². The van der Waals surface area contributed by atoms with E-state index in [0.717, 1.165) is 71.4 Å². The zero-order valence-electron chi connectivity index (χ0n) is 15.7. The molecule has 0 N–H and O–H groups in total. The maximum absolute atomic E-state index is 12.4. The van der Waals surface area contributed by atoms with E-state index in [1.165, 1.54) is 18.5 Å². The number of nitrogens with zero attached hydrogens (tertiary/aromatic N) is 3. The van der Waals surface area contributed by atoms with Gasteiger partial charge in [-0.2, -0.15) is 0 Å². The number of pyridine rings is 1. The largest absolute Gasteiger partial charge is 0.376 e. The van der Waals surface area contributed by atoms with Crippen molar-refractivity contribution >= 4 is 5.91 Å². The van der Waals surface area contributed by atoms with Gasteiger partial charge in [0.1, 0.15) is 0 Å². The maximum Gasteiger partial charge on any atom is 0.222 e. The molecule has 0 saturated carbocycles. The van der Waals surface area contributed by atoms with Crippen molar-refractivity contribution < 1.29 is 9.53 Å². The number of piperidine rings is 2. The number of carbonyl (C=O) groups excluding carboxylic acids is 1. The van der Waals surface area contributed by atoms with E-state index in [0.29, 0.717) is 11.3 Å². The number of aromatic nitrogens is 1. The van der Waals surface area contributed by atoms with Crippen LogP contribution in [0.2, 0.25) is 0 Å². The molecular formula is C21H31N3O2. The van der Waals surface area contributed by atoms with Gasteiger partial charge in [-0.25, -0.2) is 0 Å². The van der Waals surface area contributed by atoms with Gasteiger partial charge in [0.25, 0.3) is 0 Å². The van der Waals surface area contributed by atoms with E-state index in [1.807, 2.05) is 12.3 Å². The standard InChI is InChI=1S/C21H31N3O2/c25-20-6-8-21(17-24(20)16-19-5-3-15-26-19)9-13-23(14-10-21)12-7-18-4-1-2-11-22-18/h1-2,4,11,19H,3,5-10,12-17H2/t19-/m1/s1. The Balaban J connectivity index is 1.27. The van der Waals surface area contributed by atoms with Gasteiger partial charge in [0.05, 0.1) is 6.10 Å². The molecular weight excluding hydrogens is 326 g/mol. The maximum atomic E-state index is 12.4. The van der Waals surface area contributed by atoms with Crippen LogP contribution in [0.25, 0.3) is 0 Å². The van der Waals surface area contributed by atoms with Gasteiger partial charge >= 0.3 is 0 Å². The van der Waals surface area contributed by atoms with Gasteiger partial charge in [-0.05, 0) is 62.7 Å². The molecule has 4 heterocycles. The lowest BCUT2D eigenvalue weighted by Crippen LogP contribution is -2.53. The summed E-state index contributed by atoms with van der Waals surface area (Å²) < 4.78 is 5.76. The number of rotatable bonds is 5. The molecule has 1 atom stereocenters. The van der Waals surface area contributed by atoms with Crippen molar-refractivity contribution in [3.63, 3.8) is 0 Å². The molecule has 3 fully saturated rings. The first kappa shape index (κ1) is 17.9. The van der Waals surface area contributed by atoms with Crippen LogP contribution in [-0.2, 0) is 16.0 Å². The normalized spacial score (nSPS) is 26.5. The Bertz CT molecular complexity index is 593. The molecule has 0 unspecified atom stereocenters. The zero-order chi connectivity index (χ0) is 17.8. The molecule has 1 aromatic heterocycles. The SMILES string of the molecule is O=C1CCC2(CCN(CCc3ccccn3)CC2)CN1C[C@H]1CCCO1. The number of ether oxygens (including phenoxy) is 1. The Labute approximate surface area is 156 Å². The summed E-state index contributed by atoms with van der Waals surface area (Å²) in [5.74, 6) is 0.337. The monoisotopic (exact) mass is 357 g/mol. The summed E-state index contributed by atoms with van der Waals surface area (Å²) >= 11 is 0. The highest BCUT2D eigenvalue weighted by molar-refractivity contribution is 5.77. The van der Waals surface area contributed by atoms with Gasteiger partial charge in [0.2, 0.25) is 5.91 Å². The van der Waals surface area contributed by atoms with Gasteiger partial charge in [0, 0.05) is 51.0 Å². The van der Waals surface area contributed by atoms with E-state index in [4.69, 9.17) is 4.74 Å². The molecule has 3 aliphatic rings. The summed E-state index contributed by atoms with van der Waals surface area (Å²) in [4.78, 5) is 21.5. The van der Waals surface area contributed by atoms with Crippen LogP contribution in [0.4, 0.5) is 0 Å². The highest BCUT2D eigenvalue weighted by Crippen LogP contribution is 2.40.